The molecule has 0 spiro atoms. The number of likely N-dealkylation sites (N-methyl/N-ethyl adjacent to an activating group) is 2. The minimum absolute atomic E-state index is 0.0426. The number of Topliss-reactive ketones (excluding diaryl/α,β-unsaturated/α-hetero) is 1. The van der Waals surface area contributed by atoms with Crippen LogP contribution in [0.15, 0.2) is 60.7 Å². The number of carbonyl (C=O) groups is 4. The summed E-state index contributed by atoms with van der Waals surface area (Å²) in [5.74, 6) is -2.22. The molecule has 2 aromatic rings. The van der Waals surface area contributed by atoms with Gasteiger partial charge >= 0.3 is 0 Å². The van der Waals surface area contributed by atoms with Crippen LogP contribution >= 0.6 is 8.15 Å². The van der Waals surface area contributed by atoms with Crippen molar-refractivity contribution in [1.82, 2.24) is 15.1 Å². The summed E-state index contributed by atoms with van der Waals surface area (Å²) in [6.45, 7) is 2.54. The van der Waals surface area contributed by atoms with E-state index in [9.17, 15) is 34.5 Å². The number of aliphatic hydroxyl groups is 3. The monoisotopic (exact) mass is 914 g/mol. The van der Waals surface area contributed by atoms with Crippen LogP contribution in [0.4, 0.5) is 0 Å². The molecule has 0 unspecified atom stereocenters. The van der Waals surface area contributed by atoms with Gasteiger partial charge in [0.2, 0.25) is 17.7 Å². The van der Waals surface area contributed by atoms with E-state index < -0.39 is 69.7 Å². The molecule has 2 aromatic carbocycles. The molecule has 14 heteroatoms. The van der Waals surface area contributed by atoms with Crippen molar-refractivity contribution < 1.29 is 48.5 Å². The first-order valence-corrected chi connectivity index (χ1v) is 25.4. The summed E-state index contributed by atoms with van der Waals surface area (Å²) in [6.07, 6.45) is 15.1. The Bertz CT molecular complexity index is 1570. The summed E-state index contributed by atoms with van der Waals surface area (Å²) in [4.78, 5) is 56.8. The van der Waals surface area contributed by atoms with Crippen molar-refractivity contribution in [2.24, 2.45) is 0 Å². The normalized spacial score (nSPS) is 19.7. The third kappa shape index (κ3) is 18.9. The summed E-state index contributed by atoms with van der Waals surface area (Å²) < 4.78 is 18.5. The standard InChI is InChI=1S/C50H80N3O10P/c1-5-7-9-11-13-15-17-19-27-33-45(57)52(3)37-43(55)50(60)47(51-44(56)38-53(4)46(58)34-28-20-18-16-14-12-10-8-6-2)49(63-42(39-54)48(50)59)61-35-36-62-64(40-29-23-21-24-30-40)41-31-25-22-26-32-41/h21-26,29-32,42,47-49,54,59-60H,5-20,27-28,33-39H2,1-4H3,(H,51,56)/t42-,47-,48-,49+,50-/m1/s1. The molecule has 1 fully saturated rings. The first kappa shape index (κ1) is 55.0. The number of ketones is 1. The second kappa shape index (κ2) is 31.6. The maximum Gasteiger partial charge on any atom is 0.240 e. The fourth-order valence-electron chi connectivity index (χ4n) is 8.02. The van der Waals surface area contributed by atoms with Crippen molar-refractivity contribution in [3.8, 4) is 0 Å². The summed E-state index contributed by atoms with van der Waals surface area (Å²) in [5, 5.41) is 38.8. The number of aliphatic hydroxyl groups excluding tert-OH is 2. The van der Waals surface area contributed by atoms with E-state index >= 15 is 0 Å². The lowest BCUT2D eigenvalue weighted by Crippen LogP contribution is -2.76. The van der Waals surface area contributed by atoms with Crippen LogP contribution in [0.1, 0.15) is 142 Å². The summed E-state index contributed by atoms with van der Waals surface area (Å²) in [7, 11) is 1.71. The molecule has 1 heterocycles. The van der Waals surface area contributed by atoms with Crippen LogP contribution in [0.25, 0.3) is 0 Å². The van der Waals surface area contributed by atoms with Crippen LogP contribution in [0.3, 0.4) is 0 Å². The van der Waals surface area contributed by atoms with Gasteiger partial charge in [0, 0.05) is 37.5 Å². The highest BCUT2D eigenvalue weighted by Crippen LogP contribution is 2.36. The van der Waals surface area contributed by atoms with E-state index in [1.807, 2.05) is 60.7 Å². The van der Waals surface area contributed by atoms with Crippen LogP contribution < -0.4 is 15.9 Å². The van der Waals surface area contributed by atoms with Gasteiger partial charge in [0.1, 0.15) is 18.2 Å². The third-order valence-corrected chi connectivity index (χ3v) is 13.9. The summed E-state index contributed by atoms with van der Waals surface area (Å²) in [5.41, 5.74) is -2.76. The molecule has 0 aromatic heterocycles. The molecule has 0 aliphatic carbocycles. The Labute approximate surface area is 384 Å². The zero-order chi connectivity index (χ0) is 46.6. The topological polar surface area (TPSA) is 175 Å². The fraction of sp³-hybridized carbons (Fsp3) is 0.680. The van der Waals surface area contributed by atoms with Gasteiger partial charge in [0.15, 0.2) is 17.7 Å². The first-order valence-electron chi connectivity index (χ1n) is 24.1. The molecule has 3 amide bonds. The van der Waals surface area contributed by atoms with Crippen LogP contribution in [-0.4, -0.2) is 126 Å². The number of benzene rings is 2. The minimum Gasteiger partial charge on any atom is -0.394 e. The van der Waals surface area contributed by atoms with Crippen molar-refractivity contribution >= 4 is 42.3 Å². The molecule has 4 N–H and O–H groups in total. The molecule has 64 heavy (non-hydrogen) atoms. The second-order valence-electron chi connectivity index (χ2n) is 17.3. The van der Waals surface area contributed by atoms with Crippen molar-refractivity contribution in [3.63, 3.8) is 0 Å². The molecule has 5 atom stereocenters. The summed E-state index contributed by atoms with van der Waals surface area (Å²) in [6, 6.07) is 17.8. The number of rotatable bonds is 34. The van der Waals surface area contributed by atoms with Gasteiger partial charge in [-0.25, -0.2) is 0 Å². The Kier molecular flexibility index (Phi) is 27.2. The second-order valence-corrected chi connectivity index (χ2v) is 19.2. The molecular weight excluding hydrogens is 834 g/mol. The van der Waals surface area contributed by atoms with E-state index in [1.165, 1.54) is 88.1 Å². The molecule has 13 nitrogen and oxygen atoms in total. The van der Waals surface area contributed by atoms with Crippen LogP contribution in [0, 0.1) is 0 Å². The highest BCUT2D eigenvalue weighted by Gasteiger charge is 2.60. The van der Waals surface area contributed by atoms with E-state index in [2.05, 4.69) is 19.2 Å². The number of nitrogens with one attached hydrogen (secondary N) is 1. The van der Waals surface area contributed by atoms with Crippen LogP contribution in [0.2, 0.25) is 0 Å². The number of unbranched alkanes of at least 4 members (excludes halogenated alkanes) is 16. The van der Waals surface area contributed by atoms with Gasteiger partial charge in [-0.05, 0) is 12.8 Å². The number of amides is 3. The van der Waals surface area contributed by atoms with Gasteiger partial charge in [-0.2, -0.15) is 0 Å². The lowest BCUT2D eigenvalue weighted by atomic mass is 9.78. The predicted octanol–water partition coefficient (Wildman–Crippen LogP) is 6.69. The van der Waals surface area contributed by atoms with Crippen LogP contribution in [-0.2, 0) is 33.2 Å². The summed E-state index contributed by atoms with van der Waals surface area (Å²) >= 11 is 0. The Hall–Kier alpha value is -3.29. The van der Waals surface area contributed by atoms with E-state index in [0.717, 1.165) is 49.1 Å². The largest absolute Gasteiger partial charge is 0.394 e. The number of nitrogens with zero attached hydrogens (tertiary/aromatic N) is 2. The van der Waals surface area contributed by atoms with Gasteiger partial charge in [-0.15, -0.1) is 0 Å². The highest BCUT2D eigenvalue weighted by atomic mass is 31.1. The zero-order valence-electron chi connectivity index (χ0n) is 39.3. The van der Waals surface area contributed by atoms with Crippen molar-refractivity contribution in [1.29, 1.82) is 0 Å². The quantitative estimate of drug-likeness (QED) is 0.0438. The van der Waals surface area contributed by atoms with Crippen LogP contribution in [0.5, 0.6) is 0 Å². The van der Waals surface area contributed by atoms with Gasteiger partial charge < -0.3 is 44.4 Å². The average Bonchev–Trinajstić information content (AvgIpc) is 3.30. The molecule has 1 aliphatic rings. The minimum atomic E-state index is -2.76. The van der Waals surface area contributed by atoms with Gasteiger partial charge in [-0.3, -0.25) is 19.2 Å². The third-order valence-electron chi connectivity index (χ3n) is 12.0. The van der Waals surface area contributed by atoms with Crippen molar-refractivity contribution in [2.75, 3.05) is 47.0 Å². The molecule has 0 saturated carbocycles. The fourth-order valence-corrected chi connectivity index (χ4v) is 9.76. The number of hydrogen-bond donors (Lipinski definition) is 4. The lowest BCUT2D eigenvalue weighted by molar-refractivity contribution is -0.292. The predicted molar refractivity (Wildman–Crippen MR) is 254 cm³/mol. The number of hydrogen-bond acceptors (Lipinski definition) is 10. The van der Waals surface area contributed by atoms with Gasteiger partial charge in [0.05, 0.1) is 41.1 Å². The number of ether oxygens (including phenoxy) is 2. The maximum absolute atomic E-state index is 14.3. The van der Waals surface area contributed by atoms with Crippen molar-refractivity contribution in [2.45, 2.75) is 172 Å². The Balaban J connectivity index is 1.72. The lowest BCUT2D eigenvalue weighted by Gasteiger charge is -2.49. The van der Waals surface area contributed by atoms with Gasteiger partial charge in [-0.1, -0.05) is 177 Å². The number of carbonyl (C=O) groups excluding carboxylic acids is 4. The maximum atomic E-state index is 14.3. The Morgan fingerprint density at radius 3 is 1.56 bits per heavy atom. The van der Waals surface area contributed by atoms with E-state index in [4.69, 9.17) is 14.0 Å². The highest BCUT2D eigenvalue weighted by molar-refractivity contribution is 7.68. The molecule has 0 bridgehead atoms. The first-order chi connectivity index (χ1) is 31.0. The molecule has 3 rings (SSSR count). The zero-order valence-corrected chi connectivity index (χ0v) is 40.2. The van der Waals surface area contributed by atoms with E-state index in [-0.39, 0.29) is 37.9 Å². The molecular formula is C50H80N3O10P. The molecule has 360 valence electrons. The SMILES string of the molecule is CCCCCCCCCCCC(=O)N(C)CC(=O)N[C@@H]1[C@@H](OCCOP(c2ccccc2)c2ccccc2)O[C@H](CO)[C@@H](O)[C@@]1(O)C(=O)CN(C)C(=O)CCCCCCCCCCC. The van der Waals surface area contributed by atoms with E-state index in [1.54, 1.807) is 0 Å². The smallest absolute Gasteiger partial charge is 0.240 e. The molecule has 1 saturated heterocycles. The average molecular weight is 914 g/mol. The molecule has 1 aliphatic heterocycles. The Morgan fingerprint density at radius 2 is 1.11 bits per heavy atom. The van der Waals surface area contributed by atoms with Crippen molar-refractivity contribution in [3.05, 3.63) is 60.7 Å². The van der Waals surface area contributed by atoms with E-state index in [0.29, 0.717) is 12.8 Å². The Morgan fingerprint density at radius 1 is 0.672 bits per heavy atom. The molecule has 0 radical (unpaired) electrons. The van der Waals surface area contributed by atoms with Gasteiger partial charge in [0.25, 0.3) is 0 Å².